The Kier molecular flexibility index (Phi) is 6.51. The van der Waals surface area contributed by atoms with Gasteiger partial charge in [-0.3, -0.25) is 4.79 Å². The van der Waals surface area contributed by atoms with Gasteiger partial charge < -0.3 is 15.1 Å². The normalized spacial score (nSPS) is 15.8. The number of likely N-dealkylation sites (N-methyl/N-ethyl adjacent to an activating group) is 1. The van der Waals surface area contributed by atoms with E-state index in [0.717, 1.165) is 29.1 Å². The molecule has 2 heterocycles. The lowest BCUT2D eigenvalue weighted by atomic mass is 10.1. The zero-order valence-electron chi connectivity index (χ0n) is 14.6. The van der Waals surface area contributed by atoms with Crippen LogP contribution in [-0.2, 0) is 11.3 Å². The number of nitrogens with zero attached hydrogens (tertiary/aromatic N) is 1. The summed E-state index contributed by atoms with van der Waals surface area (Å²) in [6.07, 6.45) is 3.88. The molecule has 1 aliphatic rings. The first kappa shape index (κ1) is 18.4. The van der Waals surface area contributed by atoms with Gasteiger partial charge in [0.05, 0.1) is 15.7 Å². The molecule has 2 aromatic rings. The minimum Gasteiger partial charge on any atom is -0.372 e. The molecule has 1 fully saturated rings. The zero-order chi connectivity index (χ0) is 17.6. The van der Waals surface area contributed by atoms with Crippen LogP contribution in [0.2, 0.25) is 0 Å². The lowest BCUT2D eigenvalue weighted by molar-refractivity contribution is -0.884. The molecule has 0 aliphatic carbocycles. The summed E-state index contributed by atoms with van der Waals surface area (Å²) >= 11 is 5.20. The number of piperidine rings is 1. The van der Waals surface area contributed by atoms with Crippen LogP contribution >= 0.6 is 27.3 Å². The Morgan fingerprint density at radius 3 is 2.52 bits per heavy atom. The molecule has 1 aromatic heterocycles. The van der Waals surface area contributed by atoms with E-state index < -0.39 is 0 Å². The van der Waals surface area contributed by atoms with Gasteiger partial charge in [-0.15, -0.1) is 11.3 Å². The molecule has 1 saturated heterocycles. The molecule has 0 saturated carbocycles. The molecule has 1 atom stereocenters. The molecule has 1 unspecified atom stereocenters. The van der Waals surface area contributed by atoms with Gasteiger partial charge in [0.15, 0.2) is 6.54 Å². The molecule has 1 aromatic carbocycles. The highest BCUT2D eigenvalue weighted by molar-refractivity contribution is 9.11. The van der Waals surface area contributed by atoms with Crippen LogP contribution in [-0.4, -0.2) is 32.6 Å². The smallest absolute Gasteiger partial charge is 0.279 e. The van der Waals surface area contributed by atoms with E-state index in [1.54, 1.807) is 11.3 Å². The number of halogens is 1. The predicted octanol–water partition coefficient (Wildman–Crippen LogP) is 3.15. The maximum atomic E-state index is 12.3. The summed E-state index contributed by atoms with van der Waals surface area (Å²) in [6, 6.07) is 12.4. The molecular formula is C19H25BrN3OS+. The topological polar surface area (TPSA) is 36.8 Å². The van der Waals surface area contributed by atoms with Gasteiger partial charge in [-0.25, -0.2) is 0 Å². The fourth-order valence-corrected chi connectivity index (χ4v) is 4.79. The van der Waals surface area contributed by atoms with Gasteiger partial charge >= 0.3 is 0 Å². The molecule has 2 N–H and O–H groups in total. The number of hydrogen-bond donors (Lipinski definition) is 2. The summed E-state index contributed by atoms with van der Waals surface area (Å²) in [4.78, 5) is 17.1. The van der Waals surface area contributed by atoms with Crippen molar-refractivity contribution in [3.63, 3.8) is 0 Å². The van der Waals surface area contributed by atoms with Crippen LogP contribution < -0.4 is 15.1 Å². The molecule has 6 heteroatoms. The number of hydrogen-bond acceptors (Lipinski definition) is 3. The molecule has 0 bridgehead atoms. The molecule has 4 nitrogen and oxygen atoms in total. The first-order valence-electron chi connectivity index (χ1n) is 8.80. The van der Waals surface area contributed by atoms with Gasteiger partial charge in [0.25, 0.3) is 5.91 Å². The van der Waals surface area contributed by atoms with E-state index in [9.17, 15) is 4.79 Å². The third-order valence-electron chi connectivity index (χ3n) is 4.44. The highest BCUT2D eigenvalue weighted by Gasteiger charge is 2.13. The van der Waals surface area contributed by atoms with Gasteiger partial charge in [0.2, 0.25) is 0 Å². The van der Waals surface area contributed by atoms with Crippen LogP contribution in [0.15, 0.2) is 40.2 Å². The quantitative estimate of drug-likeness (QED) is 0.749. The van der Waals surface area contributed by atoms with E-state index in [1.165, 1.54) is 34.7 Å². The summed E-state index contributed by atoms with van der Waals surface area (Å²) in [5.41, 5.74) is 2.13. The average Bonchev–Trinajstić information content (AvgIpc) is 3.01. The van der Waals surface area contributed by atoms with Gasteiger partial charge in [-0.1, -0.05) is 0 Å². The molecule has 25 heavy (non-hydrogen) atoms. The molecule has 0 spiro atoms. The van der Waals surface area contributed by atoms with Gasteiger partial charge in [0, 0.05) is 24.5 Å². The predicted molar refractivity (Wildman–Crippen MR) is 109 cm³/mol. The van der Waals surface area contributed by atoms with Crippen molar-refractivity contribution in [1.82, 2.24) is 0 Å². The van der Waals surface area contributed by atoms with Crippen molar-refractivity contribution in [3.05, 3.63) is 45.1 Å². The lowest BCUT2D eigenvalue weighted by Crippen LogP contribution is -3.08. The molecular weight excluding hydrogens is 398 g/mol. The number of carbonyl (C=O) groups is 1. The van der Waals surface area contributed by atoms with E-state index in [2.05, 4.69) is 50.4 Å². The maximum Gasteiger partial charge on any atom is 0.279 e. The third-order valence-corrected chi connectivity index (χ3v) is 6.06. The van der Waals surface area contributed by atoms with Crippen molar-refractivity contribution in [2.45, 2.75) is 25.8 Å². The number of rotatable bonds is 6. The molecule has 0 radical (unpaired) electrons. The summed E-state index contributed by atoms with van der Waals surface area (Å²) in [6.45, 7) is 3.60. The van der Waals surface area contributed by atoms with Crippen molar-refractivity contribution < 1.29 is 9.69 Å². The average molecular weight is 423 g/mol. The number of anilines is 2. The molecule has 1 aliphatic heterocycles. The summed E-state index contributed by atoms with van der Waals surface area (Å²) in [5.74, 6) is 0.0545. The Bertz CT molecular complexity index is 695. The fourth-order valence-electron chi connectivity index (χ4n) is 3.19. The van der Waals surface area contributed by atoms with E-state index in [-0.39, 0.29) is 5.91 Å². The number of quaternary nitrogens is 1. The Hall–Kier alpha value is -1.37. The minimum absolute atomic E-state index is 0.0545. The summed E-state index contributed by atoms with van der Waals surface area (Å²) in [5, 5.41) is 3.01. The van der Waals surface area contributed by atoms with Crippen LogP contribution in [0, 0.1) is 0 Å². The number of amides is 1. The number of nitrogens with one attached hydrogen (secondary N) is 2. The number of benzene rings is 1. The summed E-state index contributed by atoms with van der Waals surface area (Å²) < 4.78 is 1.13. The molecule has 1 amide bonds. The van der Waals surface area contributed by atoms with Crippen molar-refractivity contribution in [3.8, 4) is 0 Å². The lowest BCUT2D eigenvalue weighted by Gasteiger charge is -2.28. The van der Waals surface area contributed by atoms with Gasteiger partial charge in [0.1, 0.15) is 6.54 Å². The first-order chi connectivity index (χ1) is 12.1. The van der Waals surface area contributed by atoms with E-state index in [1.807, 2.05) is 19.2 Å². The van der Waals surface area contributed by atoms with Crippen LogP contribution in [0.1, 0.15) is 24.1 Å². The minimum atomic E-state index is 0.0545. The Balaban J connectivity index is 1.48. The maximum absolute atomic E-state index is 12.3. The second kappa shape index (κ2) is 8.83. The number of thiophene rings is 1. The van der Waals surface area contributed by atoms with E-state index >= 15 is 0 Å². The van der Waals surface area contributed by atoms with Crippen molar-refractivity contribution >= 4 is 44.5 Å². The Labute approximate surface area is 162 Å². The highest BCUT2D eigenvalue weighted by Crippen LogP contribution is 2.22. The zero-order valence-corrected chi connectivity index (χ0v) is 17.0. The SMILES string of the molecule is C[NH+](CC(=O)Nc1ccc(N2CCCCC2)cc1)Cc1ccc(Br)s1. The van der Waals surface area contributed by atoms with Crippen LogP contribution in [0.4, 0.5) is 11.4 Å². The summed E-state index contributed by atoms with van der Waals surface area (Å²) in [7, 11) is 2.05. The highest BCUT2D eigenvalue weighted by atomic mass is 79.9. The molecule has 134 valence electrons. The van der Waals surface area contributed by atoms with Crippen molar-refractivity contribution in [2.75, 3.05) is 36.9 Å². The van der Waals surface area contributed by atoms with Gasteiger partial charge in [-0.2, -0.15) is 0 Å². The van der Waals surface area contributed by atoms with Crippen molar-refractivity contribution in [1.29, 1.82) is 0 Å². The monoisotopic (exact) mass is 422 g/mol. The van der Waals surface area contributed by atoms with Crippen LogP contribution in [0.5, 0.6) is 0 Å². The third kappa shape index (κ3) is 5.56. The van der Waals surface area contributed by atoms with Crippen LogP contribution in [0.3, 0.4) is 0 Å². The van der Waals surface area contributed by atoms with E-state index in [4.69, 9.17) is 0 Å². The standard InChI is InChI=1S/C19H24BrN3OS/c1-22(13-17-9-10-18(20)25-17)14-19(24)21-15-5-7-16(8-6-15)23-11-3-2-4-12-23/h5-10H,2-4,11-14H2,1H3,(H,21,24)/p+1. The Morgan fingerprint density at radius 1 is 1.16 bits per heavy atom. The second-order valence-corrected chi connectivity index (χ2v) is 9.21. The first-order valence-corrected chi connectivity index (χ1v) is 10.4. The second-order valence-electron chi connectivity index (χ2n) is 6.66. The van der Waals surface area contributed by atoms with E-state index in [0.29, 0.717) is 6.54 Å². The Morgan fingerprint density at radius 2 is 1.88 bits per heavy atom. The van der Waals surface area contributed by atoms with Crippen LogP contribution in [0.25, 0.3) is 0 Å². The largest absolute Gasteiger partial charge is 0.372 e. The van der Waals surface area contributed by atoms with Gasteiger partial charge in [-0.05, 0) is 71.6 Å². The fraction of sp³-hybridized carbons (Fsp3) is 0.421. The number of carbonyl (C=O) groups excluding carboxylic acids is 1. The molecule has 3 rings (SSSR count). The van der Waals surface area contributed by atoms with Crippen molar-refractivity contribution in [2.24, 2.45) is 0 Å².